The van der Waals surface area contributed by atoms with Crippen molar-refractivity contribution in [3.05, 3.63) is 12.1 Å². The summed E-state index contributed by atoms with van der Waals surface area (Å²) in [6.07, 6.45) is 2.97. The van der Waals surface area contributed by atoms with Crippen molar-refractivity contribution in [2.45, 2.75) is 57.7 Å². The van der Waals surface area contributed by atoms with Crippen molar-refractivity contribution < 1.29 is 13.9 Å². The Morgan fingerprint density at radius 2 is 1.93 bits per heavy atom. The van der Waals surface area contributed by atoms with Crippen molar-refractivity contribution in [1.82, 2.24) is 4.98 Å². The number of halogens is 1. The lowest BCUT2D eigenvalue weighted by Gasteiger charge is -2.48. The van der Waals surface area contributed by atoms with Crippen LogP contribution in [0.4, 0.5) is 21.7 Å². The van der Waals surface area contributed by atoms with Gasteiger partial charge < -0.3 is 19.9 Å². The zero-order valence-corrected chi connectivity index (χ0v) is 16.9. The van der Waals surface area contributed by atoms with Gasteiger partial charge in [0.2, 0.25) is 5.91 Å². The van der Waals surface area contributed by atoms with Crippen LogP contribution in [0.3, 0.4) is 0 Å². The molecule has 3 saturated heterocycles. The molecule has 0 bridgehead atoms. The minimum absolute atomic E-state index is 0.122. The molecule has 154 valence electrons. The number of anilines is 3. The Kier molecular flexibility index (Phi) is 5.45. The van der Waals surface area contributed by atoms with Crippen molar-refractivity contribution in [2.75, 3.05) is 48.0 Å². The third kappa shape index (κ3) is 3.95. The predicted molar refractivity (Wildman–Crippen MR) is 109 cm³/mol. The third-order valence-electron chi connectivity index (χ3n) is 6.17. The lowest BCUT2D eigenvalue weighted by Crippen LogP contribution is -2.60. The monoisotopic (exact) mass is 390 g/mol. The van der Waals surface area contributed by atoms with Crippen LogP contribution in [0.15, 0.2) is 12.1 Å². The lowest BCUT2D eigenvalue weighted by atomic mass is 9.87. The molecule has 0 atom stereocenters. The summed E-state index contributed by atoms with van der Waals surface area (Å²) >= 11 is 0. The molecule has 3 aliphatic heterocycles. The fourth-order valence-corrected chi connectivity index (χ4v) is 4.44. The van der Waals surface area contributed by atoms with Gasteiger partial charge in [0.15, 0.2) is 5.82 Å². The second kappa shape index (κ2) is 7.85. The van der Waals surface area contributed by atoms with E-state index in [0.717, 1.165) is 49.9 Å². The van der Waals surface area contributed by atoms with Crippen molar-refractivity contribution in [1.29, 1.82) is 0 Å². The summed E-state index contributed by atoms with van der Waals surface area (Å²) in [4.78, 5) is 21.2. The van der Waals surface area contributed by atoms with Gasteiger partial charge in [-0.1, -0.05) is 0 Å². The van der Waals surface area contributed by atoms with Gasteiger partial charge in [0.25, 0.3) is 0 Å². The Morgan fingerprint density at radius 1 is 1.21 bits per heavy atom. The number of hydrogen-bond acceptors (Lipinski definition) is 5. The highest BCUT2D eigenvalue weighted by Gasteiger charge is 2.46. The van der Waals surface area contributed by atoms with Crippen molar-refractivity contribution in [3.8, 4) is 0 Å². The number of aromatic nitrogens is 1. The number of β-lactam (4-membered cyclic amide) rings is 1. The number of ether oxygens (including phenoxy) is 1. The maximum atomic E-state index is 13.7. The summed E-state index contributed by atoms with van der Waals surface area (Å²) in [6, 6.07) is 3.96. The molecule has 4 rings (SSSR count). The smallest absolute Gasteiger partial charge is 0.229 e. The SMILES string of the molecule is CC1(C)CC(=O)N1c1ccc(NCC2CCOCC2)nc1N1CCC(F)CC1. The van der Waals surface area contributed by atoms with Crippen LogP contribution < -0.4 is 15.1 Å². The normalized spacial score (nSPS) is 23.6. The Hall–Kier alpha value is -1.89. The molecule has 1 aromatic heterocycles. The predicted octanol–water partition coefficient (Wildman–Crippen LogP) is 3.37. The van der Waals surface area contributed by atoms with Gasteiger partial charge in [-0.2, -0.15) is 0 Å². The van der Waals surface area contributed by atoms with Crippen LogP contribution in [0.5, 0.6) is 0 Å². The number of amides is 1. The number of rotatable bonds is 5. The number of carbonyl (C=O) groups is 1. The van der Waals surface area contributed by atoms with E-state index in [9.17, 15) is 9.18 Å². The van der Waals surface area contributed by atoms with Gasteiger partial charge in [-0.15, -0.1) is 0 Å². The molecule has 0 aliphatic carbocycles. The Balaban J connectivity index is 1.56. The molecule has 3 aliphatic rings. The molecule has 7 heteroatoms. The van der Waals surface area contributed by atoms with E-state index in [-0.39, 0.29) is 11.4 Å². The average molecular weight is 391 g/mol. The Morgan fingerprint density at radius 3 is 2.57 bits per heavy atom. The number of piperidine rings is 1. The van der Waals surface area contributed by atoms with Gasteiger partial charge >= 0.3 is 0 Å². The van der Waals surface area contributed by atoms with Crippen molar-refractivity contribution in [3.63, 3.8) is 0 Å². The van der Waals surface area contributed by atoms with Crippen LogP contribution in [0, 0.1) is 5.92 Å². The summed E-state index contributed by atoms with van der Waals surface area (Å²) < 4.78 is 19.1. The third-order valence-corrected chi connectivity index (χ3v) is 6.17. The summed E-state index contributed by atoms with van der Waals surface area (Å²) in [5.74, 6) is 2.33. The number of pyridine rings is 1. The quantitative estimate of drug-likeness (QED) is 0.781. The Labute approximate surface area is 166 Å². The molecule has 3 fully saturated rings. The van der Waals surface area contributed by atoms with Gasteiger partial charge in [0, 0.05) is 32.8 Å². The highest BCUT2D eigenvalue weighted by molar-refractivity contribution is 6.04. The maximum Gasteiger partial charge on any atom is 0.229 e. The van der Waals surface area contributed by atoms with Crippen molar-refractivity contribution in [2.24, 2.45) is 5.92 Å². The van der Waals surface area contributed by atoms with Crippen LogP contribution >= 0.6 is 0 Å². The molecule has 0 saturated carbocycles. The standard InChI is InChI=1S/C21H31FN4O2/c1-21(2)13-19(27)26(21)17-3-4-18(23-14-15-7-11-28-12-8-15)24-20(17)25-9-5-16(22)6-10-25/h3-4,15-16H,5-14H2,1-2H3,(H,23,24). The number of hydrogen-bond donors (Lipinski definition) is 1. The largest absolute Gasteiger partial charge is 0.381 e. The molecule has 1 aromatic rings. The second-order valence-electron chi connectivity index (χ2n) is 8.86. The van der Waals surface area contributed by atoms with Gasteiger partial charge in [-0.3, -0.25) is 4.79 Å². The maximum absolute atomic E-state index is 13.7. The summed E-state index contributed by atoms with van der Waals surface area (Å²) in [6.45, 7) is 7.94. The first-order chi connectivity index (χ1) is 13.4. The van der Waals surface area contributed by atoms with Crippen LogP contribution in [0.2, 0.25) is 0 Å². The van der Waals surface area contributed by atoms with E-state index < -0.39 is 6.17 Å². The molecule has 0 unspecified atom stereocenters. The number of nitrogens with zero attached hydrogens (tertiary/aromatic N) is 3. The van der Waals surface area contributed by atoms with Gasteiger partial charge in [0.1, 0.15) is 12.0 Å². The number of nitrogens with one attached hydrogen (secondary N) is 1. The molecule has 4 heterocycles. The van der Waals surface area contributed by atoms with E-state index in [4.69, 9.17) is 9.72 Å². The van der Waals surface area contributed by atoms with E-state index in [1.807, 2.05) is 17.0 Å². The lowest BCUT2D eigenvalue weighted by molar-refractivity contribution is -0.126. The van der Waals surface area contributed by atoms with Gasteiger partial charge in [-0.25, -0.2) is 9.37 Å². The van der Waals surface area contributed by atoms with Gasteiger partial charge in [0.05, 0.1) is 17.6 Å². The minimum Gasteiger partial charge on any atom is -0.381 e. The van der Waals surface area contributed by atoms with E-state index >= 15 is 0 Å². The van der Waals surface area contributed by atoms with Crippen LogP contribution in [0.25, 0.3) is 0 Å². The molecule has 0 spiro atoms. The molecule has 6 nitrogen and oxygen atoms in total. The van der Waals surface area contributed by atoms with E-state index in [1.165, 1.54) is 0 Å². The Bertz CT molecular complexity index is 712. The van der Waals surface area contributed by atoms with Crippen LogP contribution in [-0.2, 0) is 9.53 Å². The average Bonchev–Trinajstić information content (AvgIpc) is 2.68. The number of alkyl halides is 1. The molecule has 0 radical (unpaired) electrons. The van der Waals surface area contributed by atoms with E-state index in [0.29, 0.717) is 38.3 Å². The summed E-state index contributed by atoms with van der Waals surface area (Å²) in [7, 11) is 0. The van der Waals surface area contributed by atoms with Gasteiger partial charge in [-0.05, 0) is 57.6 Å². The fourth-order valence-electron chi connectivity index (χ4n) is 4.44. The molecular formula is C21H31FN4O2. The number of carbonyl (C=O) groups excluding carboxylic acids is 1. The topological polar surface area (TPSA) is 57.7 Å². The van der Waals surface area contributed by atoms with Crippen LogP contribution in [0.1, 0.15) is 46.0 Å². The fraction of sp³-hybridized carbons (Fsp3) is 0.714. The summed E-state index contributed by atoms with van der Waals surface area (Å²) in [5, 5.41) is 3.47. The summed E-state index contributed by atoms with van der Waals surface area (Å²) in [5.41, 5.74) is 0.637. The van der Waals surface area contributed by atoms with Crippen LogP contribution in [-0.4, -0.2) is 55.4 Å². The van der Waals surface area contributed by atoms with E-state index in [2.05, 4.69) is 24.1 Å². The first-order valence-electron chi connectivity index (χ1n) is 10.5. The zero-order chi connectivity index (χ0) is 19.7. The second-order valence-corrected chi connectivity index (χ2v) is 8.86. The first kappa shape index (κ1) is 19.4. The molecule has 0 aromatic carbocycles. The highest BCUT2D eigenvalue weighted by atomic mass is 19.1. The first-order valence-corrected chi connectivity index (χ1v) is 10.5. The molecule has 1 amide bonds. The zero-order valence-electron chi connectivity index (χ0n) is 16.9. The van der Waals surface area contributed by atoms with Crippen molar-refractivity contribution >= 4 is 23.2 Å². The van der Waals surface area contributed by atoms with E-state index in [1.54, 1.807) is 0 Å². The molecule has 1 N–H and O–H groups in total. The highest BCUT2D eigenvalue weighted by Crippen LogP contribution is 2.42. The minimum atomic E-state index is -0.739. The molecule has 28 heavy (non-hydrogen) atoms. The molecular weight excluding hydrogens is 359 g/mol.